The van der Waals surface area contributed by atoms with E-state index in [-0.39, 0.29) is 6.04 Å². The molecule has 3 heteroatoms. The van der Waals surface area contributed by atoms with Crippen molar-refractivity contribution >= 4 is 0 Å². The van der Waals surface area contributed by atoms with E-state index in [1.165, 1.54) is 44.1 Å². The fraction of sp³-hybridized carbons (Fsp3) is 0.765. The summed E-state index contributed by atoms with van der Waals surface area (Å²) in [4.78, 5) is 9.80. The lowest BCUT2D eigenvalue weighted by molar-refractivity contribution is -0.00951. The Morgan fingerprint density at radius 1 is 1.05 bits per heavy atom. The maximum atomic E-state index is 6.22. The van der Waals surface area contributed by atoms with Crippen LogP contribution in [0, 0.1) is 17.8 Å². The second-order valence-corrected chi connectivity index (χ2v) is 7.95. The van der Waals surface area contributed by atoms with Gasteiger partial charge in [0.05, 0.1) is 5.69 Å². The largest absolute Gasteiger partial charge is 0.323 e. The second kappa shape index (κ2) is 3.82. The average molecular weight is 269 g/mol. The summed E-state index contributed by atoms with van der Waals surface area (Å²) < 4.78 is 0. The summed E-state index contributed by atoms with van der Waals surface area (Å²) in [7, 11) is 0. The topological polar surface area (TPSA) is 51.8 Å². The van der Waals surface area contributed by atoms with Crippen LogP contribution in [0.2, 0.25) is 0 Å². The molecule has 1 aromatic rings. The van der Waals surface area contributed by atoms with Crippen LogP contribution in [-0.2, 0) is 11.8 Å². The van der Waals surface area contributed by atoms with Crippen molar-refractivity contribution in [3.63, 3.8) is 0 Å². The summed E-state index contributed by atoms with van der Waals surface area (Å²) in [6, 6.07) is 0.153. The molecule has 0 aromatic carbocycles. The van der Waals surface area contributed by atoms with Gasteiger partial charge < -0.3 is 5.73 Å². The monoisotopic (exact) mass is 269 g/mol. The third-order valence-corrected chi connectivity index (χ3v) is 6.49. The third kappa shape index (κ3) is 1.50. The van der Waals surface area contributed by atoms with Gasteiger partial charge in [0, 0.05) is 17.7 Å². The standard InChI is InChI=1S/C17H23N3/c18-14-2-1-13-9-19-16(20-15(13)14)17-6-10-3-11(7-17)5-12(4-10)8-17/h9-12,14H,1-8,18H2. The van der Waals surface area contributed by atoms with Gasteiger partial charge >= 0.3 is 0 Å². The number of fused-ring (bicyclic) bond motifs is 1. The number of hydrogen-bond acceptors (Lipinski definition) is 3. The first kappa shape index (κ1) is 11.7. The zero-order valence-electron chi connectivity index (χ0n) is 12.0. The Morgan fingerprint density at radius 2 is 1.70 bits per heavy atom. The molecule has 5 aliphatic rings. The van der Waals surface area contributed by atoms with Crippen LogP contribution < -0.4 is 5.73 Å². The molecule has 1 unspecified atom stereocenters. The molecule has 1 aromatic heterocycles. The van der Waals surface area contributed by atoms with E-state index in [1.807, 2.05) is 0 Å². The molecule has 4 saturated carbocycles. The Kier molecular flexibility index (Phi) is 2.23. The predicted molar refractivity (Wildman–Crippen MR) is 77.1 cm³/mol. The number of aromatic nitrogens is 2. The van der Waals surface area contributed by atoms with Crippen LogP contribution in [-0.4, -0.2) is 9.97 Å². The quantitative estimate of drug-likeness (QED) is 0.853. The van der Waals surface area contributed by atoms with Crippen LogP contribution in [0.5, 0.6) is 0 Å². The van der Waals surface area contributed by atoms with E-state index in [0.29, 0.717) is 5.41 Å². The van der Waals surface area contributed by atoms with E-state index in [2.05, 4.69) is 6.20 Å². The molecule has 0 amide bonds. The van der Waals surface area contributed by atoms with Crippen LogP contribution in [0.25, 0.3) is 0 Å². The lowest BCUT2D eigenvalue weighted by Gasteiger charge is -2.56. The van der Waals surface area contributed by atoms with Gasteiger partial charge in [0.1, 0.15) is 5.82 Å². The normalized spacial score (nSPS) is 44.9. The smallest absolute Gasteiger partial charge is 0.134 e. The highest BCUT2D eigenvalue weighted by Gasteiger charge is 2.53. The summed E-state index contributed by atoms with van der Waals surface area (Å²) in [5, 5.41) is 0. The third-order valence-electron chi connectivity index (χ3n) is 6.49. The fourth-order valence-electron chi connectivity index (χ4n) is 6.02. The van der Waals surface area contributed by atoms with Crippen molar-refractivity contribution in [2.24, 2.45) is 23.5 Å². The molecule has 0 radical (unpaired) electrons. The highest BCUT2D eigenvalue weighted by molar-refractivity contribution is 5.29. The maximum absolute atomic E-state index is 6.22. The number of nitrogens with zero attached hydrogens (tertiary/aromatic N) is 2. The molecule has 0 spiro atoms. The Hall–Kier alpha value is -0.960. The molecule has 2 N–H and O–H groups in total. The van der Waals surface area contributed by atoms with Crippen molar-refractivity contribution in [1.29, 1.82) is 0 Å². The van der Waals surface area contributed by atoms with Crippen molar-refractivity contribution in [3.05, 3.63) is 23.3 Å². The first-order valence-corrected chi connectivity index (χ1v) is 8.34. The van der Waals surface area contributed by atoms with E-state index in [0.717, 1.165) is 42.1 Å². The van der Waals surface area contributed by atoms with Crippen molar-refractivity contribution < 1.29 is 0 Å². The predicted octanol–water partition coefficient (Wildman–Crippen LogP) is 2.89. The minimum absolute atomic E-state index is 0.153. The van der Waals surface area contributed by atoms with Gasteiger partial charge in [-0.3, -0.25) is 0 Å². The number of rotatable bonds is 1. The van der Waals surface area contributed by atoms with E-state index >= 15 is 0 Å². The molecule has 20 heavy (non-hydrogen) atoms. The molecule has 3 nitrogen and oxygen atoms in total. The maximum Gasteiger partial charge on any atom is 0.134 e. The zero-order chi connectivity index (χ0) is 13.3. The van der Waals surface area contributed by atoms with Gasteiger partial charge in [-0.2, -0.15) is 0 Å². The van der Waals surface area contributed by atoms with Crippen LogP contribution in [0.3, 0.4) is 0 Å². The van der Waals surface area contributed by atoms with Crippen LogP contribution in [0.4, 0.5) is 0 Å². The minimum Gasteiger partial charge on any atom is -0.323 e. The van der Waals surface area contributed by atoms with Gasteiger partial charge in [-0.25, -0.2) is 9.97 Å². The number of nitrogens with two attached hydrogens (primary N) is 1. The average Bonchev–Trinajstić information content (AvgIpc) is 2.79. The molecule has 5 aliphatic carbocycles. The lowest BCUT2D eigenvalue weighted by Crippen LogP contribution is -2.49. The van der Waals surface area contributed by atoms with Gasteiger partial charge in [-0.05, 0) is 74.7 Å². The zero-order valence-corrected chi connectivity index (χ0v) is 12.0. The Bertz CT molecular complexity index is 530. The summed E-state index contributed by atoms with van der Waals surface area (Å²) in [5.41, 5.74) is 8.98. The SMILES string of the molecule is NC1CCc2cnc(C34CC5CC(CC(C5)C3)C4)nc21. The molecule has 1 atom stereocenters. The van der Waals surface area contributed by atoms with Crippen LogP contribution in [0.15, 0.2) is 6.20 Å². The van der Waals surface area contributed by atoms with E-state index in [1.54, 1.807) is 0 Å². The van der Waals surface area contributed by atoms with Crippen LogP contribution in [0.1, 0.15) is 68.1 Å². The number of hydrogen-bond donors (Lipinski definition) is 1. The van der Waals surface area contributed by atoms with Crippen molar-refractivity contribution in [2.45, 2.75) is 62.8 Å². The highest BCUT2D eigenvalue weighted by Crippen LogP contribution is 2.60. The Morgan fingerprint density at radius 3 is 2.35 bits per heavy atom. The lowest BCUT2D eigenvalue weighted by atomic mass is 9.49. The highest BCUT2D eigenvalue weighted by atomic mass is 14.9. The molecule has 4 bridgehead atoms. The summed E-state index contributed by atoms with van der Waals surface area (Å²) in [6.07, 6.45) is 12.7. The van der Waals surface area contributed by atoms with E-state index in [9.17, 15) is 0 Å². The molecule has 106 valence electrons. The Balaban J connectivity index is 1.58. The molecule has 6 rings (SSSR count). The second-order valence-electron chi connectivity index (χ2n) is 7.95. The first-order chi connectivity index (χ1) is 9.72. The van der Waals surface area contributed by atoms with Crippen molar-refractivity contribution in [3.8, 4) is 0 Å². The molecule has 0 aliphatic heterocycles. The van der Waals surface area contributed by atoms with Crippen molar-refractivity contribution in [1.82, 2.24) is 9.97 Å². The van der Waals surface area contributed by atoms with E-state index < -0.39 is 0 Å². The van der Waals surface area contributed by atoms with Crippen LogP contribution >= 0.6 is 0 Å². The van der Waals surface area contributed by atoms with Gasteiger partial charge in [0.15, 0.2) is 0 Å². The molecule has 0 saturated heterocycles. The van der Waals surface area contributed by atoms with E-state index in [4.69, 9.17) is 15.7 Å². The van der Waals surface area contributed by atoms with Gasteiger partial charge in [0.2, 0.25) is 0 Å². The Labute approximate surface area is 120 Å². The van der Waals surface area contributed by atoms with Gasteiger partial charge in [0.25, 0.3) is 0 Å². The molecule has 1 heterocycles. The van der Waals surface area contributed by atoms with Crippen molar-refractivity contribution in [2.75, 3.05) is 0 Å². The minimum atomic E-state index is 0.153. The molecular weight excluding hydrogens is 246 g/mol. The van der Waals surface area contributed by atoms with Gasteiger partial charge in [-0.1, -0.05) is 0 Å². The summed E-state index contributed by atoms with van der Waals surface area (Å²) in [6.45, 7) is 0. The first-order valence-electron chi connectivity index (χ1n) is 8.34. The summed E-state index contributed by atoms with van der Waals surface area (Å²) >= 11 is 0. The van der Waals surface area contributed by atoms with Gasteiger partial charge in [-0.15, -0.1) is 0 Å². The molecular formula is C17H23N3. The summed E-state index contributed by atoms with van der Waals surface area (Å²) in [5.74, 6) is 4.00. The number of aryl methyl sites for hydroxylation is 1. The molecule has 4 fully saturated rings. The fourth-order valence-corrected chi connectivity index (χ4v) is 6.02.